The lowest BCUT2D eigenvalue weighted by atomic mass is 9.77. The number of amides is 2. The van der Waals surface area contributed by atoms with Crippen molar-refractivity contribution in [1.82, 2.24) is 15.2 Å². The molecular weight excluding hydrogens is 330 g/mol. The molecule has 1 aromatic heterocycles. The zero-order chi connectivity index (χ0) is 17.7. The Labute approximate surface area is 152 Å². The molecule has 1 saturated carbocycles. The summed E-state index contributed by atoms with van der Waals surface area (Å²) in [5.74, 6) is -0.815. The molecule has 6 heteroatoms. The summed E-state index contributed by atoms with van der Waals surface area (Å²) in [6.45, 7) is 1.01. The molecule has 1 aliphatic carbocycles. The molecule has 5 rings (SSSR count). The van der Waals surface area contributed by atoms with E-state index in [1.54, 1.807) is 12.4 Å². The van der Waals surface area contributed by atoms with Crippen LogP contribution in [-0.2, 0) is 20.9 Å². The van der Waals surface area contributed by atoms with Crippen LogP contribution in [-0.4, -0.2) is 46.0 Å². The van der Waals surface area contributed by atoms with Crippen LogP contribution in [0.2, 0.25) is 0 Å². The molecule has 0 radical (unpaired) electrons. The third-order valence-corrected chi connectivity index (χ3v) is 6.39. The second-order valence-electron chi connectivity index (χ2n) is 7.88. The number of pyridine rings is 1. The Morgan fingerprint density at radius 3 is 3.00 bits per heavy atom. The zero-order valence-corrected chi connectivity index (χ0v) is 14.6. The van der Waals surface area contributed by atoms with Crippen molar-refractivity contribution in [3.05, 3.63) is 42.2 Å². The second kappa shape index (κ2) is 5.91. The maximum Gasteiger partial charge on any atom is 0.230 e. The van der Waals surface area contributed by atoms with Crippen molar-refractivity contribution in [2.24, 2.45) is 11.8 Å². The molecule has 2 saturated heterocycles. The molecule has 26 heavy (non-hydrogen) atoms. The molecule has 1 N–H and O–H groups in total. The summed E-state index contributed by atoms with van der Waals surface area (Å²) >= 11 is 0. The minimum Gasteiger partial charge on any atom is -0.360 e. The van der Waals surface area contributed by atoms with Gasteiger partial charge in [-0.1, -0.05) is 31.1 Å². The van der Waals surface area contributed by atoms with Crippen molar-refractivity contribution in [3.8, 4) is 0 Å². The van der Waals surface area contributed by atoms with E-state index >= 15 is 0 Å². The van der Waals surface area contributed by atoms with E-state index in [0.717, 1.165) is 18.4 Å². The van der Waals surface area contributed by atoms with E-state index < -0.39 is 11.5 Å². The Morgan fingerprint density at radius 1 is 1.38 bits per heavy atom. The largest absolute Gasteiger partial charge is 0.360 e. The number of carbonyl (C=O) groups is 2. The third-order valence-electron chi connectivity index (χ3n) is 6.39. The van der Waals surface area contributed by atoms with E-state index in [4.69, 9.17) is 4.74 Å². The lowest BCUT2D eigenvalue weighted by molar-refractivity contribution is -0.138. The fourth-order valence-electron chi connectivity index (χ4n) is 5.16. The van der Waals surface area contributed by atoms with Crippen molar-refractivity contribution >= 4 is 11.8 Å². The number of hydrogen-bond donors (Lipinski definition) is 1. The third kappa shape index (κ3) is 2.31. The smallest absolute Gasteiger partial charge is 0.230 e. The number of rotatable bonds is 4. The molecule has 6 nitrogen and oxygen atoms in total. The number of aromatic nitrogens is 1. The highest BCUT2D eigenvalue weighted by Crippen LogP contribution is 2.52. The van der Waals surface area contributed by atoms with E-state index in [1.165, 1.54) is 12.8 Å². The Hall–Kier alpha value is -2.21. The predicted molar refractivity (Wildman–Crippen MR) is 93.8 cm³/mol. The first kappa shape index (κ1) is 16.0. The number of nitrogens with one attached hydrogen (secondary N) is 1. The van der Waals surface area contributed by atoms with Gasteiger partial charge in [-0.25, -0.2) is 0 Å². The maximum absolute atomic E-state index is 13.2. The van der Waals surface area contributed by atoms with Crippen molar-refractivity contribution in [3.63, 3.8) is 0 Å². The van der Waals surface area contributed by atoms with Crippen molar-refractivity contribution in [1.29, 1.82) is 0 Å². The summed E-state index contributed by atoms with van der Waals surface area (Å²) in [6, 6.07) is 4.09. The Morgan fingerprint density at radius 2 is 2.23 bits per heavy atom. The van der Waals surface area contributed by atoms with Gasteiger partial charge in [0.15, 0.2) is 0 Å². The van der Waals surface area contributed by atoms with Gasteiger partial charge in [-0.05, 0) is 24.5 Å². The van der Waals surface area contributed by atoms with Gasteiger partial charge >= 0.3 is 0 Å². The average molecular weight is 353 g/mol. The van der Waals surface area contributed by atoms with Gasteiger partial charge in [0.1, 0.15) is 5.60 Å². The molecule has 1 spiro atoms. The number of nitrogens with zero attached hydrogens (tertiary/aromatic N) is 2. The summed E-state index contributed by atoms with van der Waals surface area (Å²) in [5.41, 5.74) is 0.348. The fraction of sp³-hybridized carbons (Fsp3) is 0.550. The Balaban J connectivity index is 1.34. The minimum absolute atomic E-state index is 0.100. The van der Waals surface area contributed by atoms with E-state index in [0.29, 0.717) is 19.1 Å². The number of likely N-dealkylation sites (tertiary alicyclic amines) is 1. The summed E-state index contributed by atoms with van der Waals surface area (Å²) in [5, 5.41) is 2.98. The lowest BCUT2D eigenvalue weighted by Crippen LogP contribution is -2.44. The van der Waals surface area contributed by atoms with Gasteiger partial charge in [0, 0.05) is 25.0 Å². The van der Waals surface area contributed by atoms with Gasteiger partial charge in [-0.2, -0.15) is 0 Å². The summed E-state index contributed by atoms with van der Waals surface area (Å²) in [6.07, 6.45) is 11.7. The van der Waals surface area contributed by atoms with Gasteiger partial charge in [-0.15, -0.1) is 0 Å². The quantitative estimate of drug-likeness (QED) is 0.831. The monoisotopic (exact) mass is 353 g/mol. The number of ether oxygens (including phenoxy) is 1. The van der Waals surface area contributed by atoms with Crippen LogP contribution in [0.4, 0.5) is 0 Å². The molecule has 0 aromatic carbocycles. The van der Waals surface area contributed by atoms with Crippen LogP contribution < -0.4 is 5.32 Å². The summed E-state index contributed by atoms with van der Waals surface area (Å²) < 4.78 is 6.18. The topological polar surface area (TPSA) is 71.5 Å². The van der Waals surface area contributed by atoms with E-state index in [9.17, 15) is 9.59 Å². The van der Waals surface area contributed by atoms with E-state index in [1.807, 2.05) is 29.2 Å². The molecule has 2 amide bonds. The van der Waals surface area contributed by atoms with Crippen LogP contribution in [0.1, 0.15) is 31.2 Å². The van der Waals surface area contributed by atoms with Crippen molar-refractivity contribution in [2.75, 3.05) is 6.54 Å². The lowest BCUT2D eigenvalue weighted by Gasteiger charge is -2.27. The van der Waals surface area contributed by atoms with Gasteiger partial charge < -0.3 is 15.0 Å². The molecule has 1 aromatic rings. The highest BCUT2D eigenvalue weighted by molar-refractivity contribution is 5.93. The zero-order valence-electron chi connectivity index (χ0n) is 14.6. The van der Waals surface area contributed by atoms with Crippen LogP contribution in [0.25, 0.3) is 0 Å². The van der Waals surface area contributed by atoms with E-state index in [-0.39, 0.29) is 23.8 Å². The van der Waals surface area contributed by atoms with Gasteiger partial charge in [0.05, 0.1) is 24.5 Å². The molecule has 3 aliphatic heterocycles. The first-order valence-electron chi connectivity index (χ1n) is 9.52. The molecule has 4 aliphatic rings. The summed E-state index contributed by atoms with van der Waals surface area (Å²) in [7, 11) is 0. The Kier molecular flexibility index (Phi) is 3.64. The number of hydrogen-bond acceptors (Lipinski definition) is 4. The van der Waals surface area contributed by atoms with Crippen molar-refractivity contribution in [2.45, 2.75) is 50.0 Å². The normalized spacial score (nSPS) is 35.3. The van der Waals surface area contributed by atoms with E-state index in [2.05, 4.69) is 10.3 Å². The molecule has 136 valence electrons. The molecule has 0 unspecified atom stereocenters. The molecule has 2 bridgehead atoms. The predicted octanol–water partition coefficient (Wildman–Crippen LogP) is 1.42. The molecule has 4 heterocycles. The van der Waals surface area contributed by atoms with Crippen LogP contribution >= 0.6 is 0 Å². The van der Waals surface area contributed by atoms with Gasteiger partial charge in [0.2, 0.25) is 11.8 Å². The standard InChI is InChI=1S/C20H23N3O3/c24-18(22-11-13-4-3-9-21-10-13)16-15-7-8-20(26-15)12-23(19(25)17(16)20)14-5-1-2-6-14/h3-4,7-10,14-17H,1-2,5-6,11-12H2,(H,22,24)/t15-,16+,17-,20+/m1/s1. The molecule has 4 atom stereocenters. The number of carbonyl (C=O) groups excluding carboxylic acids is 2. The molecular formula is C20H23N3O3. The maximum atomic E-state index is 13.2. The first-order valence-corrected chi connectivity index (χ1v) is 9.52. The highest BCUT2D eigenvalue weighted by Gasteiger charge is 2.67. The number of fused-ring (bicyclic) bond motifs is 1. The fourth-order valence-corrected chi connectivity index (χ4v) is 5.16. The van der Waals surface area contributed by atoms with Crippen LogP contribution in [0, 0.1) is 11.8 Å². The average Bonchev–Trinajstić information content (AvgIpc) is 3.42. The first-order chi connectivity index (χ1) is 12.7. The van der Waals surface area contributed by atoms with Gasteiger partial charge in [0.25, 0.3) is 0 Å². The van der Waals surface area contributed by atoms with Gasteiger partial charge in [-0.3, -0.25) is 14.6 Å². The van der Waals surface area contributed by atoms with Crippen LogP contribution in [0.15, 0.2) is 36.7 Å². The highest BCUT2D eigenvalue weighted by atomic mass is 16.5. The van der Waals surface area contributed by atoms with Crippen molar-refractivity contribution < 1.29 is 14.3 Å². The minimum atomic E-state index is -0.597. The summed E-state index contributed by atoms with van der Waals surface area (Å²) in [4.78, 5) is 32.1. The Bertz CT molecular complexity index is 759. The van der Waals surface area contributed by atoms with Crippen LogP contribution in [0.3, 0.4) is 0 Å². The SMILES string of the molecule is O=C(NCc1cccnc1)[C@H]1[C@H]2C=C[C@@]3(CN(C4CCCC4)C(=O)[C@@H]13)O2. The second-order valence-corrected chi connectivity index (χ2v) is 7.88. The molecule has 3 fully saturated rings. The van der Waals surface area contributed by atoms with Crippen LogP contribution in [0.5, 0.6) is 0 Å².